The highest BCUT2D eigenvalue weighted by Gasteiger charge is 2.46. The molecule has 1 unspecified atom stereocenters. The van der Waals surface area contributed by atoms with Crippen LogP contribution in [0.25, 0.3) is 5.76 Å². The fraction of sp³-hybridized carbons (Fsp3) is 0.273. The van der Waals surface area contributed by atoms with Gasteiger partial charge in [-0.3, -0.25) is 9.59 Å². The second kappa shape index (κ2) is 8.57. The van der Waals surface area contributed by atoms with Crippen LogP contribution in [0.2, 0.25) is 10.0 Å². The highest BCUT2D eigenvalue weighted by Crippen LogP contribution is 2.40. The van der Waals surface area contributed by atoms with Crippen molar-refractivity contribution >= 4 is 40.7 Å². The number of likely N-dealkylation sites (N-methyl/N-ethyl adjacent to an activating group) is 1. The Morgan fingerprint density at radius 3 is 2.41 bits per heavy atom. The first-order valence-corrected chi connectivity index (χ1v) is 9.92. The number of carbonyl (C=O) groups excluding carboxylic acids is 2. The molecule has 0 aromatic heterocycles. The van der Waals surface area contributed by atoms with Gasteiger partial charge in [0.15, 0.2) is 0 Å². The zero-order chi connectivity index (χ0) is 21.3. The highest BCUT2D eigenvalue weighted by molar-refractivity contribution is 6.47. The predicted molar refractivity (Wildman–Crippen MR) is 115 cm³/mol. The number of halogens is 2. The Bertz CT molecular complexity index is 1000. The molecule has 0 radical (unpaired) electrons. The van der Waals surface area contributed by atoms with Gasteiger partial charge in [0.25, 0.3) is 11.7 Å². The van der Waals surface area contributed by atoms with E-state index in [-0.39, 0.29) is 16.4 Å². The van der Waals surface area contributed by atoms with E-state index in [9.17, 15) is 14.7 Å². The second-order valence-electron chi connectivity index (χ2n) is 7.28. The van der Waals surface area contributed by atoms with Crippen molar-refractivity contribution in [1.82, 2.24) is 9.80 Å². The maximum Gasteiger partial charge on any atom is 0.295 e. The van der Waals surface area contributed by atoms with E-state index < -0.39 is 17.7 Å². The lowest BCUT2D eigenvalue weighted by molar-refractivity contribution is -0.140. The Morgan fingerprint density at radius 1 is 1.10 bits per heavy atom. The van der Waals surface area contributed by atoms with E-state index in [1.807, 2.05) is 50.2 Å². The molecule has 1 aliphatic heterocycles. The van der Waals surface area contributed by atoms with E-state index in [1.165, 1.54) is 11.0 Å². The topological polar surface area (TPSA) is 60.9 Å². The zero-order valence-corrected chi connectivity index (χ0v) is 18.0. The van der Waals surface area contributed by atoms with Gasteiger partial charge in [-0.05, 0) is 50.3 Å². The molecule has 0 bridgehead atoms. The van der Waals surface area contributed by atoms with Crippen LogP contribution in [-0.2, 0) is 9.59 Å². The van der Waals surface area contributed by atoms with Crippen molar-refractivity contribution < 1.29 is 14.7 Å². The van der Waals surface area contributed by atoms with Crippen molar-refractivity contribution in [2.45, 2.75) is 13.0 Å². The third kappa shape index (κ3) is 4.17. The Balaban J connectivity index is 2.19. The number of carbonyl (C=O) groups is 2. The number of benzene rings is 2. The summed E-state index contributed by atoms with van der Waals surface area (Å²) in [5, 5.41) is 11.6. The summed E-state index contributed by atoms with van der Waals surface area (Å²) in [6.07, 6.45) is 0. The van der Waals surface area contributed by atoms with Crippen LogP contribution in [0.5, 0.6) is 0 Å². The molecule has 1 saturated heterocycles. The number of hydrogen-bond donors (Lipinski definition) is 1. The SMILES string of the molecule is Cc1ccccc1C1/C(=C(\O)c2ccc(Cl)c(Cl)c2)C(=O)C(=O)N1CCN(C)C. The Labute approximate surface area is 180 Å². The first-order valence-electron chi connectivity index (χ1n) is 9.16. The number of aliphatic hydroxyl groups excluding tert-OH is 1. The molecule has 1 aliphatic rings. The van der Waals surface area contributed by atoms with Crippen molar-refractivity contribution in [3.8, 4) is 0 Å². The number of aryl methyl sites for hydroxylation is 1. The van der Waals surface area contributed by atoms with Gasteiger partial charge in [0, 0.05) is 18.7 Å². The van der Waals surface area contributed by atoms with Gasteiger partial charge in [0.05, 0.1) is 21.7 Å². The molecule has 0 spiro atoms. The molecule has 7 heteroatoms. The molecule has 5 nitrogen and oxygen atoms in total. The highest BCUT2D eigenvalue weighted by atomic mass is 35.5. The lowest BCUT2D eigenvalue weighted by Gasteiger charge is -2.27. The van der Waals surface area contributed by atoms with Crippen LogP contribution in [0.15, 0.2) is 48.0 Å². The number of hydrogen-bond acceptors (Lipinski definition) is 4. The molecular formula is C22H22Cl2N2O3. The minimum absolute atomic E-state index is 0.0569. The molecule has 29 heavy (non-hydrogen) atoms. The minimum Gasteiger partial charge on any atom is -0.507 e. The van der Waals surface area contributed by atoms with Crippen LogP contribution in [-0.4, -0.2) is 53.8 Å². The number of Topliss-reactive ketones (excluding diaryl/α,β-unsaturated/α-hetero) is 1. The molecule has 2 aromatic carbocycles. The van der Waals surface area contributed by atoms with Gasteiger partial charge >= 0.3 is 0 Å². The van der Waals surface area contributed by atoms with Gasteiger partial charge < -0.3 is 14.9 Å². The number of nitrogens with zero attached hydrogens (tertiary/aromatic N) is 2. The van der Waals surface area contributed by atoms with Crippen molar-refractivity contribution in [1.29, 1.82) is 0 Å². The summed E-state index contributed by atoms with van der Waals surface area (Å²) in [7, 11) is 3.80. The van der Waals surface area contributed by atoms with Crippen molar-refractivity contribution in [3.05, 3.63) is 74.8 Å². The van der Waals surface area contributed by atoms with Gasteiger partial charge in [-0.15, -0.1) is 0 Å². The second-order valence-corrected chi connectivity index (χ2v) is 8.10. The summed E-state index contributed by atoms with van der Waals surface area (Å²) in [5.74, 6) is -1.59. The fourth-order valence-corrected chi connectivity index (χ4v) is 3.73. The maximum atomic E-state index is 12.9. The van der Waals surface area contributed by atoms with Crippen LogP contribution in [0.3, 0.4) is 0 Å². The minimum atomic E-state index is -0.708. The lowest BCUT2D eigenvalue weighted by Crippen LogP contribution is -2.35. The van der Waals surface area contributed by atoms with Crippen molar-refractivity contribution in [3.63, 3.8) is 0 Å². The summed E-state index contributed by atoms with van der Waals surface area (Å²) in [6, 6.07) is 11.5. The first-order chi connectivity index (χ1) is 13.7. The maximum absolute atomic E-state index is 12.9. The molecule has 1 atom stereocenters. The predicted octanol–water partition coefficient (Wildman–Crippen LogP) is 4.29. The average Bonchev–Trinajstić information content (AvgIpc) is 2.92. The van der Waals surface area contributed by atoms with Gasteiger partial charge in [-0.1, -0.05) is 47.5 Å². The lowest BCUT2D eigenvalue weighted by atomic mass is 9.92. The van der Waals surface area contributed by atoms with E-state index in [2.05, 4.69) is 0 Å². The molecule has 1 fully saturated rings. The number of rotatable bonds is 5. The summed E-state index contributed by atoms with van der Waals surface area (Å²) in [4.78, 5) is 29.2. The van der Waals surface area contributed by atoms with Gasteiger partial charge in [-0.25, -0.2) is 0 Å². The quantitative estimate of drug-likeness (QED) is 0.434. The third-order valence-corrected chi connectivity index (χ3v) is 5.74. The van der Waals surface area contributed by atoms with Gasteiger partial charge in [-0.2, -0.15) is 0 Å². The smallest absolute Gasteiger partial charge is 0.295 e. The standard InChI is InChI=1S/C22H22Cl2N2O3/c1-13-6-4-5-7-15(13)19-18(20(27)14-8-9-16(23)17(24)12-14)21(28)22(29)26(19)11-10-25(2)3/h4-9,12,19,27H,10-11H2,1-3H3/b20-18+. The summed E-state index contributed by atoms with van der Waals surface area (Å²) in [5.41, 5.74) is 2.12. The van der Waals surface area contributed by atoms with Crippen molar-refractivity contribution in [2.75, 3.05) is 27.2 Å². The third-order valence-electron chi connectivity index (χ3n) is 5.00. The van der Waals surface area contributed by atoms with E-state index in [1.54, 1.807) is 12.1 Å². The molecule has 2 aromatic rings. The molecule has 1 N–H and O–H groups in total. The Hall–Kier alpha value is -2.34. The van der Waals surface area contributed by atoms with Gasteiger partial charge in [0.2, 0.25) is 0 Å². The van der Waals surface area contributed by atoms with Crippen LogP contribution in [0.1, 0.15) is 22.7 Å². The largest absolute Gasteiger partial charge is 0.507 e. The monoisotopic (exact) mass is 432 g/mol. The zero-order valence-electron chi connectivity index (χ0n) is 16.4. The first kappa shape index (κ1) is 21.4. The fourth-order valence-electron chi connectivity index (χ4n) is 3.43. The van der Waals surface area contributed by atoms with Crippen molar-refractivity contribution in [2.24, 2.45) is 0 Å². The van der Waals surface area contributed by atoms with Crippen LogP contribution < -0.4 is 0 Å². The number of aliphatic hydroxyl groups is 1. The normalized spacial score (nSPS) is 18.7. The molecule has 152 valence electrons. The average molecular weight is 433 g/mol. The molecule has 1 heterocycles. The molecule has 0 aliphatic carbocycles. The molecular weight excluding hydrogens is 411 g/mol. The summed E-state index contributed by atoms with van der Waals surface area (Å²) < 4.78 is 0. The number of likely N-dealkylation sites (tertiary alicyclic amines) is 1. The van der Waals surface area contributed by atoms with Crippen LogP contribution >= 0.6 is 23.2 Å². The number of amides is 1. The number of ketones is 1. The summed E-state index contributed by atoms with van der Waals surface area (Å²) in [6.45, 7) is 2.86. The van der Waals surface area contributed by atoms with E-state index in [0.29, 0.717) is 23.7 Å². The van der Waals surface area contributed by atoms with Crippen LogP contribution in [0.4, 0.5) is 0 Å². The Morgan fingerprint density at radius 2 is 1.79 bits per heavy atom. The molecule has 1 amide bonds. The Kier molecular flexibility index (Phi) is 6.32. The summed E-state index contributed by atoms with van der Waals surface area (Å²) >= 11 is 12.1. The molecule has 0 saturated carbocycles. The van der Waals surface area contributed by atoms with Crippen LogP contribution in [0, 0.1) is 6.92 Å². The van der Waals surface area contributed by atoms with E-state index >= 15 is 0 Å². The van der Waals surface area contributed by atoms with E-state index in [4.69, 9.17) is 23.2 Å². The molecule has 3 rings (SSSR count). The van der Waals surface area contributed by atoms with Gasteiger partial charge in [0.1, 0.15) is 5.76 Å². The van der Waals surface area contributed by atoms with E-state index in [0.717, 1.165) is 11.1 Å².